The lowest BCUT2D eigenvalue weighted by molar-refractivity contribution is -0.116. The van der Waals surface area contributed by atoms with Gasteiger partial charge in [0.25, 0.3) is 5.91 Å². The summed E-state index contributed by atoms with van der Waals surface area (Å²) in [6, 6.07) is 18.2. The Morgan fingerprint density at radius 1 is 1.03 bits per heavy atom. The Morgan fingerprint density at radius 2 is 1.68 bits per heavy atom. The molecule has 1 saturated heterocycles. The largest absolute Gasteiger partial charge is 0.347 e. The molecule has 0 spiro atoms. The van der Waals surface area contributed by atoms with Gasteiger partial charge in [-0.3, -0.25) is 14.5 Å². The van der Waals surface area contributed by atoms with Crippen LogP contribution in [0.5, 0.6) is 0 Å². The van der Waals surface area contributed by atoms with Crippen molar-refractivity contribution in [2.75, 3.05) is 38.1 Å². The fraction of sp³-hybridized carbons (Fsp3) is 0.448. The number of anilines is 1. The number of rotatable bonds is 7. The molecule has 0 bridgehead atoms. The average Bonchev–Trinajstić information content (AvgIpc) is 3.05. The number of benzene rings is 2. The molecule has 0 unspecified atom stereocenters. The SMILES string of the molecule is CCCN(CC(=O)/C=C1\N(C)c2ccccc2C1(C)C)C1CCN(C(=O)c2ccccc2)CC1. The van der Waals surface area contributed by atoms with Crippen molar-refractivity contribution in [3.8, 4) is 0 Å². The van der Waals surface area contributed by atoms with Crippen LogP contribution >= 0.6 is 0 Å². The molecular formula is C29H37N3O2. The zero-order valence-corrected chi connectivity index (χ0v) is 21.0. The maximum atomic E-state index is 13.3. The van der Waals surface area contributed by atoms with Crippen LogP contribution in [0.25, 0.3) is 0 Å². The van der Waals surface area contributed by atoms with Gasteiger partial charge in [0.1, 0.15) is 0 Å². The Balaban J connectivity index is 1.41. The van der Waals surface area contributed by atoms with Crippen molar-refractivity contribution in [3.05, 3.63) is 77.5 Å². The van der Waals surface area contributed by atoms with Crippen molar-refractivity contribution in [1.82, 2.24) is 9.80 Å². The number of piperidine rings is 1. The number of para-hydroxylation sites is 1. The molecule has 5 heteroatoms. The molecule has 0 atom stereocenters. The van der Waals surface area contributed by atoms with E-state index in [0.717, 1.165) is 50.2 Å². The number of carbonyl (C=O) groups is 2. The van der Waals surface area contributed by atoms with Gasteiger partial charge in [-0.1, -0.05) is 57.2 Å². The van der Waals surface area contributed by atoms with E-state index in [1.165, 1.54) is 11.3 Å². The molecule has 1 fully saturated rings. The van der Waals surface area contributed by atoms with Crippen molar-refractivity contribution < 1.29 is 9.59 Å². The number of hydrogen-bond donors (Lipinski definition) is 0. The van der Waals surface area contributed by atoms with Crippen molar-refractivity contribution in [1.29, 1.82) is 0 Å². The summed E-state index contributed by atoms with van der Waals surface area (Å²) in [5, 5.41) is 0. The second kappa shape index (κ2) is 10.1. The normalized spacial score (nSPS) is 19.0. The van der Waals surface area contributed by atoms with Crippen molar-refractivity contribution in [2.24, 2.45) is 0 Å². The summed E-state index contributed by atoms with van der Waals surface area (Å²) in [6.07, 6.45) is 4.67. The highest BCUT2D eigenvalue weighted by atomic mass is 16.2. The van der Waals surface area contributed by atoms with Gasteiger partial charge in [0.05, 0.1) is 6.54 Å². The first-order chi connectivity index (χ1) is 16.3. The van der Waals surface area contributed by atoms with Crippen LogP contribution in [-0.4, -0.2) is 60.8 Å². The van der Waals surface area contributed by atoms with Gasteiger partial charge >= 0.3 is 0 Å². The van der Waals surface area contributed by atoms with Gasteiger partial charge in [0.15, 0.2) is 5.78 Å². The first-order valence-corrected chi connectivity index (χ1v) is 12.5. The molecule has 4 rings (SSSR count). The number of amides is 1. The number of likely N-dealkylation sites (tertiary alicyclic amines) is 1. The van der Waals surface area contributed by atoms with E-state index in [4.69, 9.17) is 0 Å². The van der Waals surface area contributed by atoms with Gasteiger partial charge in [-0.25, -0.2) is 0 Å². The number of fused-ring (bicyclic) bond motifs is 1. The van der Waals surface area contributed by atoms with Crippen LogP contribution in [0.1, 0.15) is 56.0 Å². The predicted octanol–water partition coefficient (Wildman–Crippen LogP) is 4.88. The third-order valence-electron chi connectivity index (χ3n) is 7.40. The molecule has 5 nitrogen and oxygen atoms in total. The Morgan fingerprint density at radius 3 is 2.32 bits per heavy atom. The van der Waals surface area contributed by atoms with Crippen LogP contribution in [0.3, 0.4) is 0 Å². The van der Waals surface area contributed by atoms with Crippen LogP contribution in [0, 0.1) is 0 Å². The Bertz CT molecular complexity index is 1050. The molecule has 0 aromatic heterocycles. The van der Waals surface area contributed by atoms with Crippen LogP contribution in [-0.2, 0) is 10.2 Å². The standard InChI is InChI=1S/C29H37N3O2/c1-5-17-32(23-15-18-31(19-16-23)28(34)22-11-7-6-8-12-22)21-24(33)20-27-29(2,3)25-13-9-10-14-26(25)30(27)4/h6-14,20,23H,5,15-19,21H2,1-4H3/b27-20-. The van der Waals surface area contributed by atoms with E-state index in [9.17, 15) is 9.59 Å². The molecule has 2 aliphatic rings. The molecular weight excluding hydrogens is 422 g/mol. The van der Waals surface area contributed by atoms with E-state index in [-0.39, 0.29) is 17.1 Å². The summed E-state index contributed by atoms with van der Waals surface area (Å²) in [4.78, 5) is 32.5. The number of carbonyl (C=O) groups excluding carboxylic acids is 2. The van der Waals surface area contributed by atoms with Gasteiger partial charge in [0.2, 0.25) is 0 Å². The number of nitrogens with zero attached hydrogens (tertiary/aromatic N) is 3. The van der Waals surface area contributed by atoms with Gasteiger partial charge in [-0.2, -0.15) is 0 Å². The molecule has 0 N–H and O–H groups in total. The molecule has 0 radical (unpaired) electrons. The summed E-state index contributed by atoms with van der Waals surface area (Å²) < 4.78 is 0. The van der Waals surface area contributed by atoms with Crippen LogP contribution < -0.4 is 4.90 Å². The van der Waals surface area contributed by atoms with Crippen molar-refractivity contribution >= 4 is 17.4 Å². The van der Waals surface area contributed by atoms with E-state index < -0.39 is 0 Å². The van der Waals surface area contributed by atoms with Crippen LogP contribution in [0.15, 0.2) is 66.4 Å². The molecule has 34 heavy (non-hydrogen) atoms. The predicted molar refractivity (Wildman–Crippen MR) is 138 cm³/mol. The number of hydrogen-bond acceptors (Lipinski definition) is 4. The maximum absolute atomic E-state index is 13.3. The summed E-state index contributed by atoms with van der Waals surface area (Å²) >= 11 is 0. The molecule has 0 aliphatic carbocycles. The fourth-order valence-electron chi connectivity index (χ4n) is 5.53. The summed E-state index contributed by atoms with van der Waals surface area (Å²) in [5.74, 6) is 0.256. The molecule has 2 heterocycles. The number of allylic oxidation sites excluding steroid dienone is 1. The van der Waals surface area contributed by atoms with E-state index in [0.29, 0.717) is 12.6 Å². The zero-order valence-electron chi connectivity index (χ0n) is 21.0. The van der Waals surface area contributed by atoms with E-state index in [1.54, 1.807) is 0 Å². The molecule has 2 aliphatic heterocycles. The highest BCUT2D eigenvalue weighted by Gasteiger charge is 2.38. The minimum Gasteiger partial charge on any atom is -0.347 e. The fourth-order valence-corrected chi connectivity index (χ4v) is 5.53. The lowest BCUT2D eigenvalue weighted by atomic mass is 9.83. The highest BCUT2D eigenvalue weighted by molar-refractivity contribution is 5.94. The third-order valence-corrected chi connectivity index (χ3v) is 7.40. The smallest absolute Gasteiger partial charge is 0.253 e. The lowest BCUT2D eigenvalue weighted by Crippen LogP contribution is -2.48. The number of likely N-dealkylation sites (N-methyl/N-ethyl adjacent to an activating group) is 1. The lowest BCUT2D eigenvalue weighted by Gasteiger charge is -2.38. The topological polar surface area (TPSA) is 43.9 Å². The van der Waals surface area contributed by atoms with E-state index in [1.807, 2.05) is 47.4 Å². The molecule has 2 aromatic rings. The number of ketones is 1. The Hall–Kier alpha value is -2.92. The highest BCUT2D eigenvalue weighted by Crippen LogP contribution is 2.46. The van der Waals surface area contributed by atoms with Crippen molar-refractivity contribution in [2.45, 2.75) is 51.5 Å². The summed E-state index contributed by atoms with van der Waals surface area (Å²) in [5.41, 5.74) is 4.04. The van der Waals surface area contributed by atoms with Crippen LogP contribution in [0.2, 0.25) is 0 Å². The quantitative estimate of drug-likeness (QED) is 0.554. The van der Waals surface area contributed by atoms with Gasteiger partial charge in [0, 0.05) is 54.6 Å². The first-order valence-electron chi connectivity index (χ1n) is 12.5. The molecule has 1 amide bonds. The molecule has 180 valence electrons. The molecule has 2 aromatic carbocycles. The Kier molecular flexibility index (Phi) is 7.22. The van der Waals surface area contributed by atoms with Gasteiger partial charge < -0.3 is 9.80 Å². The first kappa shape index (κ1) is 24.2. The zero-order chi connectivity index (χ0) is 24.3. The van der Waals surface area contributed by atoms with Gasteiger partial charge in [-0.05, 0) is 49.6 Å². The maximum Gasteiger partial charge on any atom is 0.253 e. The third kappa shape index (κ3) is 4.80. The monoisotopic (exact) mass is 459 g/mol. The van der Waals surface area contributed by atoms with Crippen LogP contribution in [0.4, 0.5) is 5.69 Å². The van der Waals surface area contributed by atoms with E-state index in [2.05, 4.69) is 55.8 Å². The van der Waals surface area contributed by atoms with Gasteiger partial charge in [-0.15, -0.1) is 0 Å². The van der Waals surface area contributed by atoms with Crippen molar-refractivity contribution in [3.63, 3.8) is 0 Å². The van der Waals surface area contributed by atoms with E-state index >= 15 is 0 Å². The summed E-state index contributed by atoms with van der Waals surface area (Å²) in [6.45, 7) is 9.34. The average molecular weight is 460 g/mol. The minimum atomic E-state index is -0.195. The molecule has 0 saturated carbocycles. The Labute approximate surface area is 204 Å². The summed E-state index contributed by atoms with van der Waals surface area (Å²) in [7, 11) is 2.05. The second-order valence-corrected chi connectivity index (χ2v) is 10.1. The second-order valence-electron chi connectivity index (χ2n) is 10.1. The minimum absolute atomic E-state index is 0.105.